The monoisotopic (exact) mass is 719 g/mol. The van der Waals surface area contributed by atoms with Gasteiger partial charge in [-0.25, -0.2) is 0 Å². The number of fused-ring (bicyclic) bond motifs is 9. The molecule has 4 aliphatic rings. The highest BCUT2D eigenvalue weighted by Crippen LogP contribution is 2.63. The van der Waals surface area contributed by atoms with Crippen LogP contribution in [0.25, 0.3) is 22.3 Å². The van der Waals surface area contributed by atoms with Crippen molar-refractivity contribution in [1.29, 1.82) is 5.26 Å². The van der Waals surface area contributed by atoms with Gasteiger partial charge in [-0.05, 0) is 118 Å². The summed E-state index contributed by atoms with van der Waals surface area (Å²) in [5.41, 5.74) is 7.12. The lowest BCUT2D eigenvalue weighted by Crippen LogP contribution is -2.46. The first-order chi connectivity index (χ1) is 25.2. The molecular weight excluding hydrogens is 680 g/mol. The summed E-state index contributed by atoms with van der Waals surface area (Å²) in [5, 5.41) is 10.1. The quantitative estimate of drug-likeness (QED) is 0.169. The Morgan fingerprint density at radius 1 is 0.585 bits per heavy atom. The predicted octanol–water partition coefficient (Wildman–Crippen LogP) is 10.1. The normalized spacial score (nSPS) is 22.1. The van der Waals surface area contributed by atoms with Crippen molar-refractivity contribution >= 4 is 25.6 Å². The molecule has 6 nitrogen and oxygen atoms in total. The Morgan fingerprint density at radius 2 is 1.15 bits per heavy atom. The van der Waals surface area contributed by atoms with Crippen LogP contribution in [0.15, 0.2) is 103 Å². The third kappa shape index (κ3) is 4.95. The maximum absolute atomic E-state index is 9.48. The Balaban J connectivity index is 1.20. The topological polar surface area (TPSA) is 69.9 Å². The van der Waals surface area contributed by atoms with Crippen LogP contribution in [0.1, 0.15) is 81.8 Å². The Bertz CT molecular complexity index is 2310. The Kier molecular flexibility index (Phi) is 7.52. The van der Waals surface area contributed by atoms with E-state index in [1.165, 1.54) is 0 Å². The van der Waals surface area contributed by atoms with E-state index in [1.807, 2.05) is 64.1 Å². The highest BCUT2D eigenvalue weighted by atomic mass is 35.5. The zero-order chi connectivity index (χ0) is 37.1. The molecule has 3 aliphatic heterocycles. The summed E-state index contributed by atoms with van der Waals surface area (Å²) in [4.78, 5) is 0. The van der Waals surface area contributed by atoms with Crippen molar-refractivity contribution in [2.75, 3.05) is 0 Å². The van der Waals surface area contributed by atoms with E-state index in [1.54, 1.807) is 0 Å². The van der Waals surface area contributed by atoms with Gasteiger partial charge in [0.25, 0.3) is 0 Å². The number of rotatable bonds is 4. The molecule has 0 amide bonds. The van der Waals surface area contributed by atoms with E-state index in [2.05, 4.69) is 93.6 Å². The van der Waals surface area contributed by atoms with Gasteiger partial charge < -0.3 is 23.4 Å². The maximum atomic E-state index is 9.48. The number of benzene rings is 5. The van der Waals surface area contributed by atoms with Crippen LogP contribution in [0.5, 0.6) is 11.5 Å². The highest BCUT2D eigenvalue weighted by Gasteiger charge is 2.65. The maximum Gasteiger partial charge on any atom is 0.489 e. The Morgan fingerprint density at radius 3 is 1.77 bits per heavy atom. The lowest BCUT2D eigenvalue weighted by atomic mass is 9.49. The highest BCUT2D eigenvalue weighted by molar-refractivity contribution is 7.11. The van der Waals surface area contributed by atoms with Gasteiger partial charge in [-0.3, -0.25) is 0 Å². The second-order valence-corrected chi connectivity index (χ2v) is 16.8. The first-order valence-corrected chi connectivity index (χ1v) is 18.6. The number of halogens is 1. The molecule has 1 atom stereocenters. The average molecular weight is 720 g/mol. The standard InChI is InChI=1S/C44H40B2ClNO5/c1-40(2)41(3,4)51-45(50-40)46-52-42(5,6)43(7,53-46)25-28-18-21-30-32-24-37(47)31(29-19-16-27(26-48)17-20-29)23-36(32)44(35(30)22-28)33-12-8-10-14-38(33)49-39-15-11-9-13-34(39)44/h8-24H,25H2,1-7H3. The minimum atomic E-state index is -0.703. The van der Waals surface area contributed by atoms with E-state index in [0.717, 1.165) is 61.6 Å². The first kappa shape index (κ1) is 34.4. The molecule has 3 heterocycles. The molecule has 0 N–H and O–H groups in total. The van der Waals surface area contributed by atoms with Crippen molar-refractivity contribution in [1.82, 2.24) is 0 Å². The van der Waals surface area contributed by atoms with Gasteiger partial charge in [0.1, 0.15) is 11.5 Å². The summed E-state index contributed by atoms with van der Waals surface area (Å²) in [5.74, 6) is 1.63. The third-order valence-corrected chi connectivity index (χ3v) is 12.8. The van der Waals surface area contributed by atoms with Crippen LogP contribution in [0.2, 0.25) is 5.02 Å². The van der Waals surface area contributed by atoms with Gasteiger partial charge in [0.2, 0.25) is 0 Å². The van der Waals surface area contributed by atoms with Crippen molar-refractivity contribution in [3.63, 3.8) is 0 Å². The van der Waals surface area contributed by atoms with Crippen LogP contribution in [-0.4, -0.2) is 36.4 Å². The average Bonchev–Trinajstić information content (AvgIpc) is 3.63. The summed E-state index contributed by atoms with van der Waals surface area (Å²) < 4.78 is 32.8. The number of nitrogens with zero attached hydrogens (tertiary/aromatic N) is 1. The molecule has 0 saturated carbocycles. The first-order valence-electron chi connectivity index (χ1n) is 18.2. The molecule has 1 aliphatic carbocycles. The smallest absolute Gasteiger partial charge is 0.457 e. The summed E-state index contributed by atoms with van der Waals surface area (Å²) in [6.07, 6.45) is 0.590. The third-order valence-electron chi connectivity index (χ3n) is 12.5. The number of ether oxygens (including phenoxy) is 1. The van der Waals surface area contributed by atoms with Gasteiger partial charge in [-0.2, -0.15) is 5.26 Å². The van der Waals surface area contributed by atoms with Crippen LogP contribution < -0.4 is 4.74 Å². The molecule has 1 unspecified atom stereocenters. The number of para-hydroxylation sites is 2. The number of nitriles is 1. The molecule has 9 rings (SSSR count). The second-order valence-electron chi connectivity index (χ2n) is 16.4. The minimum absolute atomic E-state index is 0.504. The van der Waals surface area contributed by atoms with E-state index < -0.39 is 41.8 Å². The van der Waals surface area contributed by atoms with Crippen molar-refractivity contribution in [3.05, 3.63) is 142 Å². The largest absolute Gasteiger partial charge is 0.489 e. The van der Waals surface area contributed by atoms with E-state index >= 15 is 0 Å². The van der Waals surface area contributed by atoms with E-state index in [-0.39, 0.29) is 0 Å². The molecule has 1 spiro atoms. The fourth-order valence-corrected chi connectivity index (χ4v) is 8.88. The van der Waals surface area contributed by atoms with Gasteiger partial charge in [-0.1, -0.05) is 78.3 Å². The van der Waals surface area contributed by atoms with Gasteiger partial charge in [0.05, 0.1) is 39.5 Å². The van der Waals surface area contributed by atoms with E-state index in [0.29, 0.717) is 17.0 Å². The van der Waals surface area contributed by atoms with Crippen LogP contribution in [0, 0.1) is 11.3 Å². The van der Waals surface area contributed by atoms with Crippen LogP contribution in [0.3, 0.4) is 0 Å². The van der Waals surface area contributed by atoms with Gasteiger partial charge in [0.15, 0.2) is 0 Å². The zero-order valence-electron chi connectivity index (χ0n) is 31.0. The minimum Gasteiger partial charge on any atom is -0.457 e. The molecule has 0 aromatic heterocycles. The van der Waals surface area contributed by atoms with Gasteiger partial charge >= 0.3 is 14.0 Å². The second kappa shape index (κ2) is 11.6. The fourth-order valence-electron chi connectivity index (χ4n) is 8.61. The molecular formula is C44H40B2ClNO5. The molecule has 9 heteroatoms. The predicted molar refractivity (Wildman–Crippen MR) is 209 cm³/mol. The molecule has 5 aromatic carbocycles. The van der Waals surface area contributed by atoms with E-state index in [9.17, 15) is 5.26 Å². The van der Waals surface area contributed by atoms with E-state index in [4.69, 9.17) is 35.0 Å². The van der Waals surface area contributed by atoms with Gasteiger partial charge in [-0.15, -0.1) is 0 Å². The zero-order valence-corrected chi connectivity index (χ0v) is 31.8. The molecule has 0 bridgehead atoms. The lowest BCUT2D eigenvalue weighted by molar-refractivity contribution is -0.00878. The van der Waals surface area contributed by atoms with Crippen molar-refractivity contribution in [2.45, 2.75) is 82.7 Å². The molecule has 5 aromatic rings. The molecule has 0 radical (unpaired) electrons. The SMILES string of the molecule is CC1(C)OB(B2OC(C)(C)C(C)(Cc3ccc4c(c3)C3(c5ccccc5Oc5ccccc53)c3cc(-c5ccc(C#N)cc5)c(Cl)cc3-4)O2)OC1(C)C. The summed E-state index contributed by atoms with van der Waals surface area (Å²) in [7, 11) is -1.33. The number of hydrogen-bond donors (Lipinski definition) is 0. The van der Waals surface area contributed by atoms with Crippen molar-refractivity contribution < 1.29 is 23.4 Å². The van der Waals surface area contributed by atoms with Crippen molar-refractivity contribution in [3.8, 4) is 39.8 Å². The van der Waals surface area contributed by atoms with Gasteiger partial charge in [0, 0.05) is 28.1 Å². The summed E-state index contributed by atoms with van der Waals surface area (Å²) >= 11 is 7.17. The molecule has 2 fully saturated rings. The van der Waals surface area contributed by atoms with Crippen molar-refractivity contribution in [2.24, 2.45) is 0 Å². The number of hydrogen-bond acceptors (Lipinski definition) is 6. The molecule has 2 saturated heterocycles. The molecule has 264 valence electrons. The Hall–Kier alpha value is -4.35. The van der Waals surface area contributed by atoms with Crippen LogP contribution >= 0.6 is 11.6 Å². The van der Waals surface area contributed by atoms with Crippen LogP contribution in [-0.2, 0) is 30.5 Å². The fraction of sp³-hybridized carbons (Fsp3) is 0.295. The van der Waals surface area contributed by atoms with Crippen LogP contribution in [0.4, 0.5) is 0 Å². The Labute approximate surface area is 317 Å². The molecule has 53 heavy (non-hydrogen) atoms. The summed E-state index contributed by atoms with van der Waals surface area (Å²) in [6.45, 7) is 14.4. The summed E-state index contributed by atoms with van der Waals surface area (Å²) in [6, 6.07) is 37.6. The lowest BCUT2D eigenvalue weighted by Gasteiger charge is -2.40.